The van der Waals surface area contributed by atoms with Crippen LogP contribution >= 0.6 is 0 Å². The van der Waals surface area contributed by atoms with E-state index in [0.717, 1.165) is 71.6 Å². The highest BCUT2D eigenvalue weighted by molar-refractivity contribution is 5.81. The summed E-state index contributed by atoms with van der Waals surface area (Å²) >= 11 is 0. The fourth-order valence-electron chi connectivity index (χ4n) is 4.27. The molecule has 0 saturated heterocycles. The Balaban J connectivity index is 1.29. The van der Waals surface area contributed by atoms with Gasteiger partial charge in [-0.25, -0.2) is 9.59 Å². The van der Waals surface area contributed by atoms with Gasteiger partial charge in [-0.3, -0.25) is 0 Å². The molecule has 0 aliphatic carbocycles. The summed E-state index contributed by atoms with van der Waals surface area (Å²) in [4.78, 5) is 22.0. The highest BCUT2D eigenvalue weighted by Crippen LogP contribution is 2.23. The van der Waals surface area contributed by atoms with Crippen molar-refractivity contribution in [3.63, 3.8) is 0 Å². The first-order valence-corrected chi connectivity index (χ1v) is 16.5. The third kappa shape index (κ3) is 16.5. The average molecular weight is 687 g/mol. The second kappa shape index (κ2) is 23.4. The Kier molecular flexibility index (Phi) is 18.5. The topological polar surface area (TPSA) is 130 Å². The van der Waals surface area contributed by atoms with Crippen molar-refractivity contribution in [2.45, 2.75) is 37.9 Å². The van der Waals surface area contributed by atoms with Crippen LogP contribution in [0.3, 0.4) is 0 Å². The lowest BCUT2D eigenvalue weighted by Gasteiger charge is -2.11. The van der Waals surface area contributed by atoms with Crippen LogP contribution in [-0.4, -0.2) is 87.2 Å². The maximum Gasteiger partial charge on any atom is 0.330 e. The maximum absolute atomic E-state index is 11.0. The molecule has 0 aliphatic rings. The van der Waals surface area contributed by atoms with Crippen LogP contribution in [-0.2, 0) is 28.5 Å². The Labute approximate surface area is 294 Å². The number of carbonyl (C=O) groups is 2. The Morgan fingerprint density at radius 1 is 0.560 bits per heavy atom. The number of hydrogen-bond donors (Lipinski definition) is 2. The van der Waals surface area contributed by atoms with Crippen LogP contribution in [0.5, 0.6) is 11.5 Å². The van der Waals surface area contributed by atoms with Crippen molar-refractivity contribution in [1.82, 2.24) is 0 Å². The van der Waals surface area contributed by atoms with Crippen molar-refractivity contribution in [2.24, 2.45) is 0 Å². The van der Waals surface area contributed by atoms with Crippen LogP contribution in [0.1, 0.15) is 36.8 Å². The molecule has 0 amide bonds. The van der Waals surface area contributed by atoms with E-state index >= 15 is 0 Å². The normalized spacial score (nSPS) is 11.7. The predicted molar refractivity (Wildman–Crippen MR) is 190 cm³/mol. The predicted octanol–water partition coefficient (Wildman–Crippen LogP) is 5.28. The van der Waals surface area contributed by atoms with Crippen LogP contribution in [0.4, 0.5) is 0 Å². The third-order valence-electron chi connectivity index (χ3n) is 6.97. The number of hydrogen-bond acceptors (Lipinski definition) is 10. The summed E-state index contributed by atoms with van der Waals surface area (Å²) in [5, 5.41) is 19.4. The van der Waals surface area contributed by atoms with Crippen molar-refractivity contribution in [3.05, 3.63) is 109 Å². The van der Waals surface area contributed by atoms with Gasteiger partial charge in [0.2, 0.25) is 0 Å². The molecule has 3 rings (SSSR count). The molecule has 0 radical (unpaired) electrons. The molecule has 0 saturated carbocycles. The van der Waals surface area contributed by atoms with E-state index < -0.39 is 24.1 Å². The quantitative estimate of drug-likeness (QED) is 0.0588. The number of esters is 2. The Bertz CT molecular complexity index is 1500. The Hall–Kier alpha value is -4.92. The number of benzene rings is 3. The molecule has 0 fully saturated rings. The summed E-state index contributed by atoms with van der Waals surface area (Å²) in [6, 6.07) is 23.7. The summed E-state index contributed by atoms with van der Waals surface area (Å²) in [5.74, 6) is 6.81. The summed E-state index contributed by atoms with van der Waals surface area (Å²) in [5.41, 5.74) is 3.96. The van der Waals surface area contributed by atoms with E-state index in [9.17, 15) is 19.8 Å². The molecule has 10 nitrogen and oxygen atoms in total. The zero-order valence-electron chi connectivity index (χ0n) is 28.3. The van der Waals surface area contributed by atoms with Gasteiger partial charge in [0.05, 0.1) is 26.4 Å². The number of aliphatic hydroxyl groups excluding tert-OH is 2. The molecule has 3 aromatic carbocycles. The van der Waals surface area contributed by atoms with Crippen LogP contribution in [0.25, 0.3) is 11.1 Å². The van der Waals surface area contributed by atoms with Gasteiger partial charge in [0.25, 0.3) is 0 Å². The van der Waals surface area contributed by atoms with Gasteiger partial charge in [0.1, 0.15) is 36.9 Å². The molecule has 2 N–H and O–H groups in total. The molecule has 266 valence electrons. The molecule has 50 heavy (non-hydrogen) atoms. The number of ether oxygens (including phenoxy) is 6. The highest BCUT2D eigenvalue weighted by Gasteiger charge is 2.08. The molecule has 3 aromatic rings. The zero-order valence-corrected chi connectivity index (χ0v) is 28.3. The Morgan fingerprint density at radius 2 is 0.920 bits per heavy atom. The first-order valence-electron chi connectivity index (χ1n) is 16.5. The smallest absolute Gasteiger partial charge is 0.330 e. The summed E-state index contributed by atoms with van der Waals surface area (Å²) in [6.45, 7) is 8.60. The van der Waals surface area contributed by atoms with Crippen molar-refractivity contribution < 1.29 is 48.2 Å². The molecule has 2 atom stereocenters. The number of carbonyl (C=O) groups excluding carboxylic acids is 2. The summed E-state index contributed by atoms with van der Waals surface area (Å²) in [6.07, 6.45) is 3.52. The van der Waals surface area contributed by atoms with Gasteiger partial charge >= 0.3 is 11.9 Å². The van der Waals surface area contributed by atoms with Gasteiger partial charge in [-0.15, -0.1) is 0 Å². The lowest BCUT2D eigenvalue weighted by Crippen LogP contribution is -2.23. The van der Waals surface area contributed by atoms with Gasteiger partial charge in [0, 0.05) is 36.5 Å². The van der Waals surface area contributed by atoms with E-state index in [1.165, 1.54) is 0 Å². The minimum Gasteiger partial charge on any atom is -0.494 e. The fourth-order valence-corrected chi connectivity index (χ4v) is 4.27. The van der Waals surface area contributed by atoms with Crippen LogP contribution in [0.15, 0.2) is 98.1 Å². The van der Waals surface area contributed by atoms with Crippen molar-refractivity contribution >= 4 is 11.9 Å². The lowest BCUT2D eigenvalue weighted by atomic mass is 10.0. The largest absolute Gasteiger partial charge is 0.494 e. The molecule has 0 aromatic heterocycles. The monoisotopic (exact) mass is 686 g/mol. The van der Waals surface area contributed by atoms with Gasteiger partial charge in [-0.05, 0) is 85.3 Å². The van der Waals surface area contributed by atoms with E-state index in [4.69, 9.17) is 28.4 Å². The van der Waals surface area contributed by atoms with E-state index in [1.54, 1.807) is 0 Å². The van der Waals surface area contributed by atoms with Gasteiger partial charge < -0.3 is 38.6 Å². The summed E-state index contributed by atoms with van der Waals surface area (Å²) < 4.78 is 32.0. The van der Waals surface area contributed by atoms with E-state index in [2.05, 4.69) is 25.0 Å². The molecular weight excluding hydrogens is 640 g/mol. The SMILES string of the molecule is C=CC(=O)OCC(O)COCCCCOc1ccc(C#Cc2ccc(-c3ccc(OCCCCOCC(O)COC(=O)C=C)cc3)cc2)cc1. The van der Waals surface area contributed by atoms with Crippen molar-refractivity contribution in [2.75, 3.05) is 52.9 Å². The molecular formula is C40H46O10. The number of unbranched alkanes of at least 4 members (excludes halogenated alkanes) is 2. The van der Waals surface area contributed by atoms with E-state index in [1.807, 2.05) is 72.8 Å². The van der Waals surface area contributed by atoms with Gasteiger partial charge in [-0.2, -0.15) is 0 Å². The van der Waals surface area contributed by atoms with Crippen LogP contribution in [0, 0.1) is 11.8 Å². The molecule has 0 bridgehead atoms. The zero-order chi connectivity index (χ0) is 35.8. The molecule has 10 heteroatoms. The average Bonchev–Trinajstić information content (AvgIpc) is 3.15. The lowest BCUT2D eigenvalue weighted by molar-refractivity contribution is -0.142. The Morgan fingerprint density at radius 3 is 1.34 bits per heavy atom. The third-order valence-corrected chi connectivity index (χ3v) is 6.97. The number of rotatable bonds is 23. The van der Waals surface area contributed by atoms with E-state index in [0.29, 0.717) is 26.4 Å². The van der Waals surface area contributed by atoms with Gasteiger partial charge in [-0.1, -0.05) is 49.3 Å². The fraction of sp³-hybridized carbons (Fsp3) is 0.350. The molecule has 2 unspecified atom stereocenters. The molecule has 0 spiro atoms. The van der Waals surface area contributed by atoms with Crippen molar-refractivity contribution in [3.8, 4) is 34.5 Å². The second-order valence-corrected chi connectivity index (χ2v) is 11.1. The van der Waals surface area contributed by atoms with Gasteiger partial charge in [0.15, 0.2) is 0 Å². The first-order chi connectivity index (χ1) is 24.4. The van der Waals surface area contributed by atoms with Crippen LogP contribution in [0.2, 0.25) is 0 Å². The molecule has 0 aliphatic heterocycles. The molecule has 0 heterocycles. The summed E-state index contributed by atoms with van der Waals surface area (Å²) in [7, 11) is 0. The van der Waals surface area contributed by atoms with E-state index in [-0.39, 0.29) is 26.4 Å². The minimum absolute atomic E-state index is 0.0960. The maximum atomic E-state index is 11.0. The van der Waals surface area contributed by atoms with Crippen molar-refractivity contribution in [1.29, 1.82) is 0 Å². The number of aliphatic hydroxyl groups is 2. The second-order valence-electron chi connectivity index (χ2n) is 11.1. The highest BCUT2D eigenvalue weighted by atomic mass is 16.6. The minimum atomic E-state index is -0.864. The standard InChI is InChI=1S/C40H46O10/c1-3-39(43)49-29-35(41)27-45-23-5-7-25-47-37-19-13-32(14-20-37)10-9-31-11-15-33(16-12-31)34-17-21-38(22-18-34)48-26-8-6-24-46-28-36(42)30-50-40(44)4-2/h3-4,11-22,35-36,41-42H,1-2,5-8,23-30H2. The van der Waals surface area contributed by atoms with Crippen LogP contribution < -0.4 is 9.47 Å². The first kappa shape index (κ1) is 39.5.